The number of anilines is 1. The summed E-state index contributed by atoms with van der Waals surface area (Å²) in [6.45, 7) is 2.23. The Morgan fingerprint density at radius 2 is 1.96 bits per heavy atom. The molecule has 0 fully saturated rings. The quantitative estimate of drug-likeness (QED) is 0.671. The van der Waals surface area contributed by atoms with Crippen LogP contribution in [0.1, 0.15) is 11.1 Å². The van der Waals surface area contributed by atoms with Gasteiger partial charge in [-0.25, -0.2) is 4.68 Å². The van der Waals surface area contributed by atoms with Crippen molar-refractivity contribution < 1.29 is 9.53 Å². The lowest BCUT2D eigenvalue weighted by Gasteiger charge is -2.12. The van der Waals surface area contributed by atoms with Gasteiger partial charge in [-0.05, 0) is 30.2 Å². The van der Waals surface area contributed by atoms with Gasteiger partial charge in [0.15, 0.2) is 6.61 Å². The van der Waals surface area contributed by atoms with E-state index in [0.29, 0.717) is 28.2 Å². The predicted molar refractivity (Wildman–Crippen MR) is 103 cm³/mol. The highest BCUT2D eigenvalue weighted by atomic mass is 35.5. The Morgan fingerprint density at radius 1 is 1.15 bits per heavy atom. The Kier molecular flexibility index (Phi) is 5.81. The van der Waals surface area contributed by atoms with Crippen molar-refractivity contribution in [2.45, 2.75) is 13.5 Å². The second-order valence-corrected chi connectivity index (χ2v) is 6.47. The van der Waals surface area contributed by atoms with E-state index in [1.807, 2.05) is 43.3 Å². The van der Waals surface area contributed by atoms with Gasteiger partial charge in [-0.3, -0.25) is 4.79 Å². The molecule has 1 amide bonds. The number of amides is 1. The van der Waals surface area contributed by atoms with Gasteiger partial charge in [0.2, 0.25) is 0 Å². The van der Waals surface area contributed by atoms with Crippen LogP contribution < -0.4 is 10.1 Å². The van der Waals surface area contributed by atoms with Crippen molar-refractivity contribution in [3.05, 3.63) is 75.9 Å². The van der Waals surface area contributed by atoms with Crippen LogP contribution in [0.15, 0.2) is 54.7 Å². The molecule has 2 aromatic carbocycles. The monoisotopic (exact) mass is 389 g/mol. The minimum Gasteiger partial charge on any atom is -0.483 e. The third kappa shape index (κ3) is 4.36. The summed E-state index contributed by atoms with van der Waals surface area (Å²) in [4.78, 5) is 12.2. The summed E-state index contributed by atoms with van der Waals surface area (Å²) in [5, 5.41) is 7.98. The number of halogens is 2. The van der Waals surface area contributed by atoms with Crippen molar-refractivity contribution in [3.8, 4) is 5.75 Å². The molecule has 0 aliphatic carbocycles. The second kappa shape index (κ2) is 8.25. The van der Waals surface area contributed by atoms with E-state index in [4.69, 9.17) is 27.9 Å². The van der Waals surface area contributed by atoms with Gasteiger partial charge < -0.3 is 10.1 Å². The first-order chi connectivity index (χ1) is 12.5. The molecule has 0 spiro atoms. The van der Waals surface area contributed by atoms with Crippen molar-refractivity contribution in [1.82, 2.24) is 9.78 Å². The highest BCUT2D eigenvalue weighted by molar-refractivity contribution is 6.42. The number of benzene rings is 2. The molecule has 134 valence electrons. The number of carbonyl (C=O) groups is 1. The second-order valence-electron chi connectivity index (χ2n) is 5.69. The summed E-state index contributed by atoms with van der Waals surface area (Å²) < 4.78 is 7.20. The van der Waals surface area contributed by atoms with Gasteiger partial charge in [-0.2, -0.15) is 5.10 Å². The van der Waals surface area contributed by atoms with E-state index in [2.05, 4.69) is 10.4 Å². The Bertz CT molecular complexity index is 925. The van der Waals surface area contributed by atoms with Crippen LogP contribution >= 0.6 is 23.2 Å². The normalized spacial score (nSPS) is 10.6. The number of aromatic nitrogens is 2. The number of hydrogen-bond donors (Lipinski definition) is 1. The molecule has 3 aromatic rings. The average Bonchev–Trinajstić information content (AvgIpc) is 3.05. The fourth-order valence-corrected chi connectivity index (χ4v) is 2.82. The maximum Gasteiger partial charge on any atom is 0.263 e. The first-order valence-corrected chi connectivity index (χ1v) is 8.73. The van der Waals surface area contributed by atoms with Crippen LogP contribution in [-0.2, 0) is 11.3 Å². The Labute approximate surface area is 161 Å². The third-order valence-corrected chi connectivity index (χ3v) is 4.65. The molecule has 0 saturated carbocycles. The van der Waals surface area contributed by atoms with Crippen molar-refractivity contribution >= 4 is 34.9 Å². The van der Waals surface area contributed by atoms with Crippen LogP contribution in [0.25, 0.3) is 0 Å². The summed E-state index contributed by atoms with van der Waals surface area (Å²) in [7, 11) is 0. The maximum atomic E-state index is 12.2. The third-order valence-electron chi connectivity index (χ3n) is 3.79. The van der Waals surface area contributed by atoms with Crippen molar-refractivity contribution in [1.29, 1.82) is 0 Å². The topological polar surface area (TPSA) is 56.1 Å². The molecule has 1 aromatic heterocycles. The summed E-state index contributed by atoms with van der Waals surface area (Å²) in [6.07, 6.45) is 1.61. The van der Waals surface area contributed by atoms with E-state index in [9.17, 15) is 4.79 Å². The molecule has 0 radical (unpaired) electrons. The van der Waals surface area contributed by atoms with Crippen LogP contribution in [0.3, 0.4) is 0 Å². The molecule has 5 nitrogen and oxygen atoms in total. The van der Waals surface area contributed by atoms with Gasteiger partial charge in [-0.1, -0.05) is 53.5 Å². The Balaban J connectivity index is 1.64. The number of hydrogen-bond acceptors (Lipinski definition) is 3. The van der Waals surface area contributed by atoms with Gasteiger partial charge in [0.05, 0.1) is 22.8 Å². The number of ether oxygens (including phenoxy) is 1. The largest absolute Gasteiger partial charge is 0.483 e. The molecule has 0 aliphatic rings. The van der Waals surface area contributed by atoms with Crippen LogP contribution in [-0.4, -0.2) is 22.3 Å². The lowest BCUT2D eigenvalue weighted by atomic mass is 10.2. The molecular weight excluding hydrogens is 373 g/mol. The number of nitrogens with one attached hydrogen (secondary N) is 1. The molecule has 1 heterocycles. The molecule has 1 N–H and O–H groups in total. The Morgan fingerprint density at radius 3 is 2.77 bits per heavy atom. The van der Waals surface area contributed by atoms with E-state index in [0.717, 1.165) is 11.1 Å². The molecule has 7 heteroatoms. The number of rotatable bonds is 6. The number of aryl methyl sites for hydroxylation is 1. The molecule has 26 heavy (non-hydrogen) atoms. The zero-order chi connectivity index (χ0) is 18.5. The maximum absolute atomic E-state index is 12.2. The minimum atomic E-state index is -0.271. The van der Waals surface area contributed by atoms with Gasteiger partial charge in [0.25, 0.3) is 5.91 Å². The average molecular weight is 390 g/mol. The first kappa shape index (κ1) is 18.3. The van der Waals surface area contributed by atoms with Gasteiger partial charge in [-0.15, -0.1) is 0 Å². The van der Waals surface area contributed by atoms with Crippen molar-refractivity contribution in [2.24, 2.45) is 0 Å². The van der Waals surface area contributed by atoms with Gasteiger partial charge in [0.1, 0.15) is 11.6 Å². The summed E-state index contributed by atoms with van der Waals surface area (Å²) in [5.74, 6) is 0.966. The molecule has 0 unspecified atom stereocenters. The number of para-hydroxylation sites is 1. The molecular formula is C19H17Cl2N3O2. The standard InChI is InChI=1S/C19H17Cl2N3O2/c1-13-5-2-3-8-16(13)26-12-18(25)23-17-9-10-22-24(17)11-14-6-4-7-15(20)19(14)21/h2-10H,11-12H2,1H3,(H,23,25). The highest BCUT2D eigenvalue weighted by Crippen LogP contribution is 2.26. The van der Waals surface area contributed by atoms with E-state index in [-0.39, 0.29) is 12.5 Å². The Hall–Kier alpha value is -2.50. The molecule has 0 atom stereocenters. The van der Waals surface area contributed by atoms with Crippen molar-refractivity contribution in [3.63, 3.8) is 0 Å². The van der Waals surface area contributed by atoms with Crippen LogP contribution in [0.5, 0.6) is 5.75 Å². The lowest BCUT2D eigenvalue weighted by molar-refractivity contribution is -0.118. The number of nitrogens with zero attached hydrogens (tertiary/aromatic N) is 2. The lowest BCUT2D eigenvalue weighted by Crippen LogP contribution is -2.22. The fourth-order valence-electron chi connectivity index (χ4n) is 2.44. The van der Waals surface area contributed by atoms with Gasteiger partial charge in [0, 0.05) is 6.07 Å². The fraction of sp³-hybridized carbons (Fsp3) is 0.158. The van der Waals surface area contributed by atoms with E-state index in [1.54, 1.807) is 23.0 Å². The molecule has 0 saturated heterocycles. The summed E-state index contributed by atoms with van der Waals surface area (Å²) in [6, 6.07) is 14.7. The van der Waals surface area contributed by atoms with Crippen molar-refractivity contribution in [2.75, 3.05) is 11.9 Å². The zero-order valence-corrected chi connectivity index (χ0v) is 15.6. The van der Waals surface area contributed by atoms with Gasteiger partial charge >= 0.3 is 0 Å². The molecule has 0 aliphatic heterocycles. The van der Waals surface area contributed by atoms with E-state index < -0.39 is 0 Å². The zero-order valence-electron chi connectivity index (χ0n) is 14.1. The minimum absolute atomic E-state index is 0.0893. The van der Waals surface area contributed by atoms with Crippen LogP contribution in [0.4, 0.5) is 5.82 Å². The van der Waals surface area contributed by atoms with Crippen LogP contribution in [0.2, 0.25) is 10.0 Å². The predicted octanol–water partition coefficient (Wildman–Crippen LogP) is 4.56. The summed E-state index contributed by atoms with van der Waals surface area (Å²) >= 11 is 12.3. The summed E-state index contributed by atoms with van der Waals surface area (Å²) in [5.41, 5.74) is 1.79. The molecule has 3 rings (SSSR count). The smallest absolute Gasteiger partial charge is 0.263 e. The first-order valence-electron chi connectivity index (χ1n) is 7.97. The van der Waals surface area contributed by atoms with Crippen LogP contribution in [0, 0.1) is 6.92 Å². The molecule has 0 bridgehead atoms. The SMILES string of the molecule is Cc1ccccc1OCC(=O)Nc1ccnn1Cc1cccc(Cl)c1Cl. The van der Waals surface area contributed by atoms with E-state index in [1.165, 1.54) is 0 Å². The number of carbonyl (C=O) groups excluding carboxylic acids is 1. The van der Waals surface area contributed by atoms with E-state index >= 15 is 0 Å². The highest BCUT2D eigenvalue weighted by Gasteiger charge is 2.11.